The maximum Gasteiger partial charge on any atom is 0.120 e. The zero-order chi connectivity index (χ0) is 14.0. The van der Waals surface area contributed by atoms with Crippen LogP contribution in [0.2, 0.25) is 0 Å². The number of morpholine rings is 1. The summed E-state index contributed by atoms with van der Waals surface area (Å²) in [5.41, 5.74) is 7.94. The molecule has 2 heterocycles. The standard InChI is InChI=1S/C12H19BrN4OS/c1-3-8-11(13)9(16(2)15-8)6-17-4-5-18-10(7-17)12(14)19/h10H,3-7H2,1-2H3,(H2,14,19). The molecule has 2 N–H and O–H groups in total. The molecule has 1 aliphatic rings. The Balaban J connectivity index is 2.08. The molecule has 7 heteroatoms. The van der Waals surface area contributed by atoms with Crippen molar-refractivity contribution in [3.63, 3.8) is 0 Å². The fraction of sp³-hybridized carbons (Fsp3) is 0.667. The second-order valence-electron chi connectivity index (χ2n) is 4.68. The van der Waals surface area contributed by atoms with Crippen LogP contribution in [0, 0.1) is 0 Å². The number of hydrogen-bond acceptors (Lipinski definition) is 4. The fourth-order valence-corrected chi connectivity index (χ4v) is 3.11. The second-order valence-corrected chi connectivity index (χ2v) is 5.95. The number of rotatable bonds is 4. The maximum atomic E-state index is 5.66. The Labute approximate surface area is 127 Å². The first-order chi connectivity index (χ1) is 9.02. The summed E-state index contributed by atoms with van der Waals surface area (Å²) in [5, 5.41) is 4.51. The van der Waals surface area contributed by atoms with Crippen LogP contribution in [0.5, 0.6) is 0 Å². The first-order valence-electron chi connectivity index (χ1n) is 6.36. The highest BCUT2D eigenvalue weighted by molar-refractivity contribution is 9.10. The lowest BCUT2D eigenvalue weighted by Crippen LogP contribution is -2.47. The van der Waals surface area contributed by atoms with Crippen molar-refractivity contribution in [1.29, 1.82) is 0 Å². The molecule has 0 aliphatic carbocycles. The fourth-order valence-electron chi connectivity index (χ4n) is 2.22. The summed E-state index contributed by atoms with van der Waals surface area (Å²) in [4.78, 5) is 2.73. The second kappa shape index (κ2) is 6.30. The molecule has 0 aromatic carbocycles. The largest absolute Gasteiger partial charge is 0.391 e. The van der Waals surface area contributed by atoms with Crippen molar-refractivity contribution in [3.05, 3.63) is 15.9 Å². The van der Waals surface area contributed by atoms with Crippen LogP contribution in [0.3, 0.4) is 0 Å². The number of ether oxygens (including phenoxy) is 1. The summed E-state index contributed by atoms with van der Waals surface area (Å²) in [6, 6.07) is 0. The van der Waals surface area contributed by atoms with E-state index in [2.05, 4.69) is 32.9 Å². The van der Waals surface area contributed by atoms with Gasteiger partial charge in [0.05, 0.1) is 22.5 Å². The first-order valence-corrected chi connectivity index (χ1v) is 7.56. The molecule has 0 spiro atoms. The van der Waals surface area contributed by atoms with Crippen LogP contribution in [0.15, 0.2) is 4.47 Å². The summed E-state index contributed by atoms with van der Waals surface area (Å²) in [6.07, 6.45) is 0.786. The molecule has 19 heavy (non-hydrogen) atoms. The van der Waals surface area contributed by atoms with Gasteiger partial charge in [0.1, 0.15) is 11.1 Å². The Bertz CT molecular complexity index is 477. The number of thiocarbonyl (C=S) groups is 1. The van der Waals surface area contributed by atoms with Gasteiger partial charge in [-0.15, -0.1) is 0 Å². The van der Waals surface area contributed by atoms with E-state index in [-0.39, 0.29) is 6.10 Å². The molecule has 106 valence electrons. The van der Waals surface area contributed by atoms with Gasteiger partial charge in [0.2, 0.25) is 0 Å². The Morgan fingerprint density at radius 1 is 1.63 bits per heavy atom. The van der Waals surface area contributed by atoms with Gasteiger partial charge in [0.15, 0.2) is 0 Å². The molecule has 1 fully saturated rings. The van der Waals surface area contributed by atoms with Crippen molar-refractivity contribution in [1.82, 2.24) is 14.7 Å². The summed E-state index contributed by atoms with van der Waals surface area (Å²) in [6.45, 7) is 5.23. The minimum Gasteiger partial charge on any atom is -0.391 e. The van der Waals surface area contributed by atoms with Gasteiger partial charge < -0.3 is 10.5 Å². The molecule has 1 saturated heterocycles. The molecule has 1 aromatic rings. The number of aromatic nitrogens is 2. The summed E-state index contributed by atoms with van der Waals surface area (Å²) < 4.78 is 8.60. The SMILES string of the molecule is CCc1nn(C)c(CN2CCOC(C(N)=S)C2)c1Br. The molecule has 5 nitrogen and oxygen atoms in total. The highest BCUT2D eigenvalue weighted by Crippen LogP contribution is 2.23. The van der Waals surface area contributed by atoms with E-state index in [4.69, 9.17) is 22.7 Å². The molecule has 0 radical (unpaired) electrons. The molecular weight excluding hydrogens is 328 g/mol. The van der Waals surface area contributed by atoms with Crippen LogP contribution in [0.25, 0.3) is 0 Å². The predicted molar refractivity (Wildman–Crippen MR) is 82.1 cm³/mol. The summed E-state index contributed by atoms with van der Waals surface area (Å²) >= 11 is 8.65. The monoisotopic (exact) mass is 346 g/mol. The van der Waals surface area contributed by atoms with Gasteiger partial charge in [-0.2, -0.15) is 5.10 Å². The Morgan fingerprint density at radius 3 is 2.95 bits per heavy atom. The Hall–Kier alpha value is -0.500. The normalized spacial score (nSPS) is 20.7. The highest BCUT2D eigenvalue weighted by atomic mass is 79.9. The number of aryl methyl sites for hydroxylation is 2. The quantitative estimate of drug-likeness (QED) is 0.831. The lowest BCUT2D eigenvalue weighted by atomic mass is 10.2. The number of halogens is 1. The molecule has 1 aromatic heterocycles. The molecule has 0 bridgehead atoms. The van der Waals surface area contributed by atoms with E-state index in [0.29, 0.717) is 11.6 Å². The van der Waals surface area contributed by atoms with E-state index < -0.39 is 0 Å². The van der Waals surface area contributed by atoms with E-state index in [1.165, 1.54) is 5.69 Å². The summed E-state index contributed by atoms with van der Waals surface area (Å²) in [5.74, 6) is 0. The molecule has 0 amide bonds. The van der Waals surface area contributed by atoms with Crippen molar-refractivity contribution in [2.24, 2.45) is 12.8 Å². The molecule has 1 unspecified atom stereocenters. The van der Waals surface area contributed by atoms with E-state index >= 15 is 0 Å². The average Bonchev–Trinajstić information content (AvgIpc) is 2.66. The molecule has 1 aliphatic heterocycles. The third-order valence-electron chi connectivity index (χ3n) is 3.34. The van der Waals surface area contributed by atoms with E-state index in [9.17, 15) is 0 Å². The molecular formula is C12H19BrN4OS. The van der Waals surface area contributed by atoms with E-state index in [1.807, 2.05) is 11.7 Å². The Kier molecular flexibility index (Phi) is 4.94. The average molecular weight is 347 g/mol. The van der Waals surface area contributed by atoms with Gasteiger partial charge in [-0.05, 0) is 22.4 Å². The molecule has 2 rings (SSSR count). The van der Waals surface area contributed by atoms with Crippen LogP contribution >= 0.6 is 28.1 Å². The maximum absolute atomic E-state index is 5.66. The Morgan fingerprint density at radius 2 is 2.37 bits per heavy atom. The molecule has 0 saturated carbocycles. The van der Waals surface area contributed by atoms with Gasteiger partial charge in [-0.1, -0.05) is 19.1 Å². The number of hydrogen-bond donors (Lipinski definition) is 1. The van der Waals surface area contributed by atoms with Crippen molar-refractivity contribution < 1.29 is 4.74 Å². The highest BCUT2D eigenvalue weighted by Gasteiger charge is 2.24. The van der Waals surface area contributed by atoms with Crippen molar-refractivity contribution in [2.75, 3.05) is 19.7 Å². The van der Waals surface area contributed by atoms with Crippen LogP contribution in [0.4, 0.5) is 0 Å². The van der Waals surface area contributed by atoms with Crippen LogP contribution in [-0.2, 0) is 24.8 Å². The third kappa shape index (κ3) is 3.34. The zero-order valence-corrected chi connectivity index (χ0v) is 13.6. The molecule has 1 atom stereocenters. The lowest BCUT2D eigenvalue weighted by molar-refractivity contribution is 0.00299. The third-order valence-corrected chi connectivity index (χ3v) is 4.52. The zero-order valence-electron chi connectivity index (χ0n) is 11.2. The van der Waals surface area contributed by atoms with Gasteiger partial charge in [-0.25, -0.2) is 0 Å². The lowest BCUT2D eigenvalue weighted by Gasteiger charge is -2.32. The minimum atomic E-state index is -0.138. The first kappa shape index (κ1) is 14.9. The van der Waals surface area contributed by atoms with Crippen LogP contribution < -0.4 is 5.73 Å². The van der Waals surface area contributed by atoms with Gasteiger partial charge in [0, 0.05) is 26.7 Å². The van der Waals surface area contributed by atoms with Gasteiger partial charge >= 0.3 is 0 Å². The summed E-state index contributed by atoms with van der Waals surface area (Å²) in [7, 11) is 1.98. The minimum absolute atomic E-state index is 0.138. The number of nitrogens with two attached hydrogens (primary N) is 1. The van der Waals surface area contributed by atoms with Gasteiger partial charge in [-0.3, -0.25) is 9.58 Å². The van der Waals surface area contributed by atoms with Gasteiger partial charge in [0.25, 0.3) is 0 Å². The van der Waals surface area contributed by atoms with E-state index in [1.54, 1.807) is 0 Å². The number of nitrogens with zero attached hydrogens (tertiary/aromatic N) is 3. The van der Waals surface area contributed by atoms with Crippen molar-refractivity contribution >= 4 is 33.1 Å². The van der Waals surface area contributed by atoms with E-state index in [0.717, 1.165) is 36.2 Å². The topological polar surface area (TPSA) is 56.3 Å². The predicted octanol–water partition coefficient (Wildman–Crippen LogP) is 1.23. The van der Waals surface area contributed by atoms with Crippen LogP contribution in [0.1, 0.15) is 18.3 Å². The smallest absolute Gasteiger partial charge is 0.120 e. The van der Waals surface area contributed by atoms with Crippen LogP contribution in [-0.4, -0.2) is 45.5 Å². The van der Waals surface area contributed by atoms with Crippen molar-refractivity contribution in [2.45, 2.75) is 26.0 Å². The van der Waals surface area contributed by atoms with Crippen molar-refractivity contribution in [3.8, 4) is 0 Å².